The summed E-state index contributed by atoms with van der Waals surface area (Å²) in [5.41, 5.74) is 1.97. The lowest BCUT2D eigenvalue weighted by atomic mass is 9.65. The first kappa shape index (κ1) is 15.1. The van der Waals surface area contributed by atoms with Crippen molar-refractivity contribution in [2.75, 3.05) is 20.6 Å². The molecule has 1 fully saturated rings. The second-order valence-corrected chi connectivity index (χ2v) is 7.50. The zero-order valence-electron chi connectivity index (χ0n) is 12.5. The van der Waals surface area contributed by atoms with Crippen LogP contribution in [0, 0.1) is 5.41 Å². The molecule has 1 aromatic carbocycles. The monoisotopic (exact) mass is 323 g/mol. The molecule has 19 heavy (non-hydrogen) atoms. The van der Waals surface area contributed by atoms with Crippen molar-refractivity contribution in [2.45, 2.75) is 44.9 Å². The summed E-state index contributed by atoms with van der Waals surface area (Å²) in [6, 6.07) is 8.98. The third kappa shape index (κ3) is 3.82. The maximum Gasteiger partial charge on any atom is 0.0175 e. The van der Waals surface area contributed by atoms with E-state index in [4.69, 9.17) is 0 Å². The van der Waals surface area contributed by atoms with Gasteiger partial charge in [-0.25, -0.2) is 0 Å². The summed E-state index contributed by atoms with van der Waals surface area (Å²) in [4.78, 5) is 2.34. The Bertz CT molecular complexity index is 390. The molecule has 106 valence electrons. The molecule has 1 saturated carbocycles. The van der Waals surface area contributed by atoms with E-state index < -0.39 is 0 Å². The van der Waals surface area contributed by atoms with Crippen molar-refractivity contribution >= 4 is 15.9 Å². The summed E-state index contributed by atoms with van der Waals surface area (Å²) in [6.45, 7) is 3.65. The quantitative estimate of drug-likeness (QED) is 0.748. The van der Waals surface area contributed by atoms with Gasteiger partial charge in [-0.3, -0.25) is 0 Å². The molecule has 1 atom stereocenters. The average Bonchev–Trinajstić information content (AvgIpc) is 2.38. The summed E-state index contributed by atoms with van der Waals surface area (Å²) < 4.78 is 1.17. The van der Waals surface area contributed by atoms with E-state index in [1.807, 2.05) is 0 Å². The van der Waals surface area contributed by atoms with E-state index in [0.717, 1.165) is 6.54 Å². The van der Waals surface area contributed by atoms with Gasteiger partial charge >= 0.3 is 0 Å². The van der Waals surface area contributed by atoms with Crippen molar-refractivity contribution in [1.29, 1.82) is 0 Å². The Balaban J connectivity index is 2.26. The number of nitrogens with zero attached hydrogens (tertiary/aromatic N) is 1. The van der Waals surface area contributed by atoms with Crippen LogP contribution in [0.1, 0.15) is 50.5 Å². The fraction of sp³-hybridized carbons (Fsp3) is 0.647. The maximum absolute atomic E-state index is 3.54. The van der Waals surface area contributed by atoms with E-state index in [0.29, 0.717) is 11.3 Å². The summed E-state index contributed by atoms with van der Waals surface area (Å²) >= 11 is 3.54. The van der Waals surface area contributed by atoms with Crippen molar-refractivity contribution in [3.8, 4) is 0 Å². The van der Waals surface area contributed by atoms with Gasteiger partial charge in [0.1, 0.15) is 0 Å². The van der Waals surface area contributed by atoms with E-state index in [-0.39, 0.29) is 0 Å². The first-order chi connectivity index (χ1) is 9.01. The molecule has 0 heterocycles. The molecule has 0 spiro atoms. The van der Waals surface area contributed by atoms with Crippen LogP contribution < -0.4 is 0 Å². The normalized spacial score (nSPS) is 20.5. The van der Waals surface area contributed by atoms with Gasteiger partial charge in [-0.15, -0.1) is 0 Å². The van der Waals surface area contributed by atoms with Crippen molar-refractivity contribution in [3.63, 3.8) is 0 Å². The molecular weight excluding hydrogens is 298 g/mol. The molecule has 0 amide bonds. The van der Waals surface area contributed by atoms with Gasteiger partial charge < -0.3 is 4.90 Å². The predicted octanol–water partition coefficient (Wildman–Crippen LogP) is 5.06. The lowest BCUT2D eigenvalue weighted by Crippen LogP contribution is -2.35. The minimum Gasteiger partial charge on any atom is -0.309 e. The van der Waals surface area contributed by atoms with Crippen LogP contribution in [0.25, 0.3) is 0 Å². The Morgan fingerprint density at radius 2 is 1.68 bits per heavy atom. The molecule has 0 radical (unpaired) electrons. The lowest BCUT2D eigenvalue weighted by Gasteiger charge is -2.42. The van der Waals surface area contributed by atoms with Crippen LogP contribution in [0.15, 0.2) is 28.7 Å². The van der Waals surface area contributed by atoms with Gasteiger partial charge in [0.15, 0.2) is 0 Å². The number of benzene rings is 1. The molecular formula is C17H26BrN. The van der Waals surface area contributed by atoms with Crippen LogP contribution >= 0.6 is 15.9 Å². The van der Waals surface area contributed by atoms with Crippen LogP contribution in [-0.2, 0) is 0 Å². The fourth-order valence-electron chi connectivity index (χ4n) is 3.50. The molecule has 2 heteroatoms. The molecule has 2 rings (SSSR count). The Labute approximate surface area is 126 Å². The SMILES string of the molecule is CN(C)CC(c1ccc(Br)cc1)C1(C)CCCCC1. The van der Waals surface area contributed by atoms with Crippen molar-refractivity contribution in [1.82, 2.24) is 4.90 Å². The van der Waals surface area contributed by atoms with Gasteiger partial charge in [0.05, 0.1) is 0 Å². The second kappa shape index (κ2) is 6.41. The van der Waals surface area contributed by atoms with E-state index >= 15 is 0 Å². The van der Waals surface area contributed by atoms with Gasteiger partial charge in [0.25, 0.3) is 0 Å². The summed E-state index contributed by atoms with van der Waals surface area (Å²) in [5, 5.41) is 0. The van der Waals surface area contributed by atoms with E-state index in [2.05, 4.69) is 66.1 Å². The van der Waals surface area contributed by atoms with Gasteiger partial charge in [-0.05, 0) is 50.0 Å². The highest BCUT2D eigenvalue weighted by Gasteiger charge is 2.36. The van der Waals surface area contributed by atoms with Crippen molar-refractivity contribution < 1.29 is 0 Å². The minimum atomic E-state index is 0.469. The lowest BCUT2D eigenvalue weighted by molar-refractivity contribution is 0.143. The highest BCUT2D eigenvalue weighted by Crippen LogP contribution is 2.47. The molecule has 1 unspecified atom stereocenters. The molecule has 0 N–H and O–H groups in total. The summed E-state index contributed by atoms with van der Waals surface area (Å²) in [7, 11) is 4.39. The van der Waals surface area contributed by atoms with Crippen LogP contribution in [-0.4, -0.2) is 25.5 Å². The number of rotatable bonds is 4. The summed E-state index contributed by atoms with van der Waals surface area (Å²) in [5.74, 6) is 0.649. The molecule has 1 aliphatic rings. The topological polar surface area (TPSA) is 3.24 Å². The average molecular weight is 324 g/mol. The third-order valence-corrected chi connectivity index (χ3v) is 5.19. The number of hydrogen-bond acceptors (Lipinski definition) is 1. The zero-order chi connectivity index (χ0) is 13.9. The maximum atomic E-state index is 3.54. The van der Waals surface area contributed by atoms with Crippen LogP contribution in [0.2, 0.25) is 0 Å². The Hall–Kier alpha value is -0.340. The molecule has 0 aliphatic heterocycles. The molecule has 0 aromatic heterocycles. The highest BCUT2D eigenvalue weighted by atomic mass is 79.9. The second-order valence-electron chi connectivity index (χ2n) is 6.58. The summed E-state index contributed by atoms with van der Waals surface area (Å²) in [6.07, 6.45) is 6.97. The van der Waals surface area contributed by atoms with Crippen LogP contribution in [0.4, 0.5) is 0 Å². The van der Waals surface area contributed by atoms with Crippen LogP contribution in [0.3, 0.4) is 0 Å². The minimum absolute atomic E-state index is 0.469. The number of halogens is 1. The smallest absolute Gasteiger partial charge is 0.0175 e. The zero-order valence-corrected chi connectivity index (χ0v) is 14.0. The van der Waals surface area contributed by atoms with Gasteiger partial charge in [-0.1, -0.05) is 54.2 Å². The number of hydrogen-bond donors (Lipinski definition) is 0. The first-order valence-corrected chi connectivity index (χ1v) is 8.21. The van der Waals surface area contributed by atoms with Crippen molar-refractivity contribution in [3.05, 3.63) is 34.3 Å². The van der Waals surface area contributed by atoms with E-state index in [1.54, 1.807) is 0 Å². The van der Waals surface area contributed by atoms with Crippen LogP contribution in [0.5, 0.6) is 0 Å². The highest BCUT2D eigenvalue weighted by molar-refractivity contribution is 9.10. The molecule has 1 aromatic rings. The van der Waals surface area contributed by atoms with E-state index in [9.17, 15) is 0 Å². The fourth-order valence-corrected chi connectivity index (χ4v) is 3.76. The van der Waals surface area contributed by atoms with Gasteiger partial charge in [0, 0.05) is 16.9 Å². The van der Waals surface area contributed by atoms with Gasteiger partial charge in [0.2, 0.25) is 0 Å². The molecule has 0 saturated heterocycles. The van der Waals surface area contributed by atoms with Gasteiger partial charge in [-0.2, -0.15) is 0 Å². The third-order valence-electron chi connectivity index (χ3n) is 4.66. The molecule has 1 aliphatic carbocycles. The Morgan fingerprint density at radius 3 is 2.21 bits per heavy atom. The predicted molar refractivity (Wildman–Crippen MR) is 86.6 cm³/mol. The molecule has 0 bridgehead atoms. The number of likely N-dealkylation sites (N-methyl/N-ethyl adjacent to an activating group) is 1. The Morgan fingerprint density at radius 1 is 1.11 bits per heavy atom. The largest absolute Gasteiger partial charge is 0.309 e. The van der Waals surface area contributed by atoms with Crippen molar-refractivity contribution in [2.24, 2.45) is 5.41 Å². The first-order valence-electron chi connectivity index (χ1n) is 7.41. The van der Waals surface area contributed by atoms with E-state index in [1.165, 1.54) is 42.1 Å². The molecule has 1 nitrogen and oxygen atoms in total. The Kier molecular flexibility index (Phi) is 5.08. The standard InChI is InChI=1S/C17H26BrN/c1-17(11-5-4-6-12-17)16(13-19(2)3)14-7-9-15(18)10-8-14/h7-10,16H,4-6,11-13H2,1-3H3.